The predicted molar refractivity (Wildman–Crippen MR) is 69.3 cm³/mol. The Balaban J connectivity index is 2.98. The Kier molecular flexibility index (Phi) is 4.84. The van der Waals surface area contributed by atoms with Gasteiger partial charge in [0.1, 0.15) is 5.75 Å². The van der Waals surface area contributed by atoms with Crippen molar-refractivity contribution in [1.82, 2.24) is 0 Å². The van der Waals surface area contributed by atoms with Crippen LogP contribution in [0.5, 0.6) is 5.75 Å². The smallest absolute Gasteiger partial charge is 0.416 e. The molecule has 1 aromatic carbocycles. The summed E-state index contributed by atoms with van der Waals surface area (Å²) in [6.45, 7) is 3.57. The van der Waals surface area contributed by atoms with Crippen molar-refractivity contribution in [2.24, 2.45) is 5.92 Å². The van der Waals surface area contributed by atoms with Gasteiger partial charge < -0.3 is 10.4 Å². The van der Waals surface area contributed by atoms with Crippen LogP contribution in [0.25, 0.3) is 0 Å². The van der Waals surface area contributed by atoms with Gasteiger partial charge in [0.25, 0.3) is 0 Å². The van der Waals surface area contributed by atoms with Gasteiger partial charge in [-0.15, -0.1) is 0 Å². The quantitative estimate of drug-likeness (QED) is 0.650. The van der Waals surface area contributed by atoms with Gasteiger partial charge in [0.2, 0.25) is 5.91 Å². The van der Waals surface area contributed by atoms with Gasteiger partial charge in [-0.1, -0.05) is 29.8 Å². The monoisotopic (exact) mass is 339 g/mol. The maximum Gasteiger partial charge on any atom is 0.416 e. The van der Waals surface area contributed by atoms with E-state index in [9.17, 15) is 23.1 Å². The summed E-state index contributed by atoms with van der Waals surface area (Å²) in [6, 6.07) is 2.35. The van der Waals surface area contributed by atoms with Gasteiger partial charge in [0, 0.05) is 0 Å². The van der Waals surface area contributed by atoms with Crippen LogP contribution in [0.2, 0.25) is 0 Å². The Bertz CT molecular complexity index is 475. The zero-order valence-corrected chi connectivity index (χ0v) is 11.8. The predicted octanol–water partition coefficient (Wildman–Crippen LogP) is 3.77. The van der Waals surface area contributed by atoms with E-state index >= 15 is 0 Å². The first-order valence-corrected chi connectivity index (χ1v) is 6.39. The second-order valence-electron chi connectivity index (χ2n) is 4.36. The SMILES string of the molecule is CC(C)C(Br)C(=O)Nc1cc(C(F)(F)F)ccc1O. The number of hydrogen-bond acceptors (Lipinski definition) is 2. The number of carbonyl (C=O) groups is 1. The fourth-order valence-corrected chi connectivity index (χ4v) is 1.43. The van der Waals surface area contributed by atoms with Crippen molar-refractivity contribution in [1.29, 1.82) is 0 Å². The van der Waals surface area contributed by atoms with Crippen LogP contribution in [-0.4, -0.2) is 15.8 Å². The molecule has 0 aromatic heterocycles. The Morgan fingerprint density at radius 2 is 1.95 bits per heavy atom. The Hall–Kier alpha value is -1.24. The van der Waals surface area contributed by atoms with Crippen molar-refractivity contribution in [2.45, 2.75) is 24.9 Å². The lowest BCUT2D eigenvalue weighted by atomic mass is 10.1. The number of anilines is 1. The second kappa shape index (κ2) is 5.81. The van der Waals surface area contributed by atoms with Gasteiger partial charge in [-0.3, -0.25) is 4.79 Å². The number of alkyl halides is 4. The zero-order chi connectivity index (χ0) is 14.8. The Labute approximate surface area is 116 Å². The van der Waals surface area contributed by atoms with E-state index in [1.807, 2.05) is 0 Å². The molecule has 0 aliphatic carbocycles. The molecule has 2 N–H and O–H groups in total. The largest absolute Gasteiger partial charge is 0.506 e. The number of aromatic hydroxyl groups is 1. The highest BCUT2D eigenvalue weighted by molar-refractivity contribution is 9.10. The van der Waals surface area contributed by atoms with Gasteiger partial charge in [-0.05, 0) is 24.1 Å². The number of phenolic OH excluding ortho intramolecular Hbond substituents is 1. The molecule has 0 bridgehead atoms. The van der Waals surface area contributed by atoms with E-state index in [0.29, 0.717) is 6.07 Å². The van der Waals surface area contributed by atoms with Crippen LogP contribution < -0.4 is 5.32 Å². The molecule has 0 radical (unpaired) electrons. The zero-order valence-electron chi connectivity index (χ0n) is 10.3. The van der Waals surface area contributed by atoms with Crippen molar-refractivity contribution in [3.05, 3.63) is 23.8 Å². The lowest BCUT2D eigenvalue weighted by Gasteiger charge is -2.15. The van der Waals surface area contributed by atoms with Gasteiger partial charge in [0.05, 0.1) is 16.1 Å². The summed E-state index contributed by atoms with van der Waals surface area (Å²) >= 11 is 3.13. The molecule has 1 aromatic rings. The maximum absolute atomic E-state index is 12.5. The number of carbonyl (C=O) groups excluding carboxylic acids is 1. The van der Waals surface area contributed by atoms with Crippen LogP contribution in [0.3, 0.4) is 0 Å². The van der Waals surface area contributed by atoms with E-state index in [-0.39, 0.29) is 11.6 Å². The first-order valence-electron chi connectivity index (χ1n) is 5.48. The van der Waals surface area contributed by atoms with E-state index in [2.05, 4.69) is 21.2 Å². The summed E-state index contributed by atoms with van der Waals surface area (Å²) in [7, 11) is 0. The molecule has 3 nitrogen and oxygen atoms in total. The second-order valence-corrected chi connectivity index (χ2v) is 5.35. The molecule has 106 valence electrons. The summed E-state index contributed by atoms with van der Waals surface area (Å²) in [5, 5.41) is 11.7. The third kappa shape index (κ3) is 4.12. The topological polar surface area (TPSA) is 49.3 Å². The van der Waals surface area contributed by atoms with Crippen LogP contribution in [-0.2, 0) is 11.0 Å². The van der Waals surface area contributed by atoms with Crippen LogP contribution in [0.4, 0.5) is 18.9 Å². The van der Waals surface area contributed by atoms with Crippen LogP contribution in [0, 0.1) is 5.92 Å². The van der Waals surface area contributed by atoms with Crippen molar-refractivity contribution in [2.75, 3.05) is 5.32 Å². The number of halogens is 4. The van der Waals surface area contributed by atoms with Crippen LogP contribution in [0.1, 0.15) is 19.4 Å². The molecule has 1 amide bonds. The Morgan fingerprint density at radius 3 is 2.42 bits per heavy atom. The standard InChI is InChI=1S/C12H13BrF3NO2/c1-6(2)10(13)11(19)17-8-5-7(12(14,15)16)3-4-9(8)18/h3-6,10,18H,1-2H3,(H,17,19). The first kappa shape index (κ1) is 15.8. The molecule has 0 fully saturated rings. The summed E-state index contributed by atoms with van der Waals surface area (Å²) in [5.74, 6) is -0.956. The highest BCUT2D eigenvalue weighted by Gasteiger charge is 2.31. The lowest BCUT2D eigenvalue weighted by molar-refractivity contribution is -0.137. The van der Waals surface area contributed by atoms with Crippen LogP contribution >= 0.6 is 15.9 Å². The van der Waals surface area contributed by atoms with Crippen molar-refractivity contribution in [3.8, 4) is 5.75 Å². The van der Waals surface area contributed by atoms with E-state index < -0.39 is 28.2 Å². The molecule has 0 spiro atoms. The van der Waals surface area contributed by atoms with Crippen LogP contribution in [0.15, 0.2) is 18.2 Å². The lowest BCUT2D eigenvalue weighted by Crippen LogP contribution is -2.27. The van der Waals surface area contributed by atoms with Gasteiger partial charge in [-0.25, -0.2) is 0 Å². The maximum atomic E-state index is 12.5. The molecule has 0 saturated carbocycles. The van der Waals surface area contributed by atoms with Crippen molar-refractivity contribution < 1.29 is 23.1 Å². The number of hydrogen-bond donors (Lipinski definition) is 2. The average Bonchev–Trinajstić information content (AvgIpc) is 2.29. The van der Waals surface area contributed by atoms with E-state index in [0.717, 1.165) is 12.1 Å². The van der Waals surface area contributed by atoms with Gasteiger partial charge in [-0.2, -0.15) is 13.2 Å². The number of benzene rings is 1. The Morgan fingerprint density at radius 1 is 1.37 bits per heavy atom. The molecule has 0 heterocycles. The molecule has 1 rings (SSSR count). The summed E-state index contributed by atoms with van der Waals surface area (Å²) in [6.07, 6.45) is -4.53. The minimum Gasteiger partial charge on any atom is -0.506 e. The molecule has 7 heteroatoms. The number of phenols is 1. The molecule has 0 aliphatic rings. The number of rotatable bonds is 3. The molecular weight excluding hydrogens is 327 g/mol. The molecule has 0 saturated heterocycles. The van der Waals surface area contributed by atoms with E-state index in [4.69, 9.17) is 0 Å². The van der Waals surface area contributed by atoms with E-state index in [1.165, 1.54) is 0 Å². The summed E-state index contributed by atoms with van der Waals surface area (Å²) in [5.41, 5.74) is -1.19. The van der Waals surface area contributed by atoms with Gasteiger partial charge >= 0.3 is 6.18 Å². The minimum absolute atomic E-state index is 0.0343. The fourth-order valence-electron chi connectivity index (χ4n) is 1.32. The molecular formula is C12H13BrF3NO2. The fraction of sp³-hybridized carbons (Fsp3) is 0.417. The first-order chi connectivity index (χ1) is 8.62. The third-order valence-corrected chi connectivity index (χ3v) is 3.89. The summed E-state index contributed by atoms with van der Waals surface area (Å²) < 4.78 is 37.6. The van der Waals surface area contributed by atoms with Gasteiger partial charge in [0.15, 0.2) is 0 Å². The molecule has 1 unspecified atom stereocenters. The summed E-state index contributed by atoms with van der Waals surface area (Å²) in [4.78, 5) is 11.2. The third-order valence-electron chi connectivity index (χ3n) is 2.42. The highest BCUT2D eigenvalue weighted by Crippen LogP contribution is 2.34. The molecule has 1 atom stereocenters. The minimum atomic E-state index is -4.53. The molecule has 19 heavy (non-hydrogen) atoms. The van der Waals surface area contributed by atoms with E-state index in [1.54, 1.807) is 13.8 Å². The number of nitrogens with one attached hydrogen (secondary N) is 1. The average molecular weight is 340 g/mol. The highest BCUT2D eigenvalue weighted by atomic mass is 79.9. The number of amides is 1. The molecule has 0 aliphatic heterocycles. The van der Waals surface area contributed by atoms with Crippen molar-refractivity contribution >= 4 is 27.5 Å². The normalized spacial score (nSPS) is 13.4. The van der Waals surface area contributed by atoms with Crippen molar-refractivity contribution in [3.63, 3.8) is 0 Å².